The lowest BCUT2D eigenvalue weighted by Crippen LogP contribution is -2.71. The van der Waals surface area contributed by atoms with Crippen molar-refractivity contribution in [1.82, 2.24) is 4.98 Å². The van der Waals surface area contributed by atoms with Crippen LogP contribution in [-0.4, -0.2) is 4.98 Å². The number of halogens is 1. The Hall–Kier alpha value is -1.45. The standard InChI is InChI=1S/C15H15BrN2/c1-3-4-5-8-17-15-12-7-6-11(2)9-13(12)14(16)10-18-15/h3-10H,1-2H3,(H,17,18)/p+1/b4-3-,8-5-. The van der Waals surface area contributed by atoms with Gasteiger partial charge in [-0.1, -0.05) is 23.8 Å². The molecular formula is C15H16BrN2+. The first kappa shape index (κ1) is 13.0. The van der Waals surface area contributed by atoms with Crippen molar-refractivity contribution in [1.29, 1.82) is 0 Å². The Bertz CT molecular complexity index is 615. The molecule has 0 atom stereocenters. The van der Waals surface area contributed by atoms with Crippen LogP contribution in [0.4, 0.5) is 5.82 Å². The minimum absolute atomic E-state index is 0.994. The first-order valence-corrected chi connectivity index (χ1v) is 6.69. The molecule has 0 radical (unpaired) electrons. The van der Waals surface area contributed by atoms with E-state index in [0.717, 1.165) is 10.3 Å². The van der Waals surface area contributed by atoms with Crippen molar-refractivity contribution >= 4 is 32.5 Å². The molecular weight excluding hydrogens is 288 g/mol. The molecule has 1 aromatic heterocycles. The summed E-state index contributed by atoms with van der Waals surface area (Å²) >= 11 is 3.55. The van der Waals surface area contributed by atoms with Crippen molar-refractivity contribution in [2.75, 3.05) is 0 Å². The Labute approximate surface area is 116 Å². The molecule has 2 aromatic rings. The molecule has 1 heterocycles. The quantitative estimate of drug-likeness (QED) is 0.863. The number of fused-ring (bicyclic) bond motifs is 1. The van der Waals surface area contributed by atoms with Gasteiger partial charge in [0.15, 0.2) is 0 Å². The van der Waals surface area contributed by atoms with Crippen LogP contribution in [0.15, 0.2) is 53.3 Å². The van der Waals surface area contributed by atoms with Gasteiger partial charge in [-0.3, -0.25) is 5.32 Å². The van der Waals surface area contributed by atoms with E-state index in [1.165, 1.54) is 16.3 Å². The molecule has 0 unspecified atom stereocenters. The van der Waals surface area contributed by atoms with Crippen LogP contribution in [0, 0.1) is 6.92 Å². The zero-order valence-corrected chi connectivity index (χ0v) is 12.1. The molecule has 18 heavy (non-hydrogen) atoms. The first-order chi connectivity index (χ1) is 8.72. The van der Waals surface area contributed by atoms with Gasteiger partial charge in [0.05, 0.1) is 11.6 Å². The zero-order valence-electron chi connectivity index (χ0n) is 10.5. The Kier molecular flexibility index (Phi) is 4.28. The minimum Gasteiger partial charge on any atom is -0.271 e. The summed E-state index contributed by atoms with van der Waals surface area (Å²) in [5, 5.41) is 4.40. The van der Waals surface area contributed by atoms with Gasteiger partial charge >= 0.3 is 0 Å². The highest BCUT2D eigenvalue weighted by Crippen LogP contribution is 2.26. The fraction of sp³-hybridized carbons (Fsp3) is 0.133. The second-order valence-electron chi connectivity index (χ2n) is 4.12. The van der Waals surface area contributed by atoms with E-state index < -0.39 is 0 Å². The fourth-order valence-corrected chi connectivity index (χ4v) is 2.23. The number of hydrogen-bond acceptors (Lipinski definition) is 1. The number of pyridine rings is 1. The van der Waals surface area contributed by atoms with Crippen LogP contribution < -0.4 is 5.32 Å². The third-order valence-electron chi connectivity index (χ3n) is 2.69. The molecule has 0 aliphatic heterocycles. The normalized spacial score (nSPS) is 11.9. The van der Waals surface area contributed by atoms with Crippen molar-refractivity contribution in [3.63, 3.8) is 0 Å². The number of quaternary nitrogens is 1. The minimum atomic E-state index is 0.994. The van der Waals surface area contributed by atoms with Crippen LogP contribution in [0.3, 0.4) is 0 Å². The van der Waals surface area contributed by atoms with Gasteiger partial charge in [0, 0.05) is 16.1 Å². The highest BCUT2D eigenvalue weighted by molar-refractivity contribution is 9.10. The van der Waals surface area contributed by atoms with Crippen molar-refractivity contribution in [3.05, 3.63) is 58.9 Å². The Morgan fingerprint density at radius 1 is 1.22 bits per heavy atom. The van der Waals surface area contributed by atoms with Crippen LogP contribution in [-0.2, 0) is 0 Å². The number of nitrogens with two attached hydrogens (primary N) is 1. The molecule has 92 valence electrons. The van der Waals surface area contributed by atoms with E-state index in [4.69, 9.17) is 0 Å². The molecule has 2 nitrogen and oxygen atoms in total. The van der Waals surface area contributed by atoms with Crippen LogP contribution in [0.1, 0.15) is 12.5 Å². The highest BCUT2D eigenvalue weighted by atomic mass is 79.9. The van der Waals surface area contributed by atoms with Crippen molar-refractivity contribution < 1.29 is 5.32 Å². The average molecular weight is 304 g/mol. The summed E-state index contributed by atoms with van der Waals surface area (Å²) in [5.41, 5.74) is 1.25. The summed E-state index contributed by atoms with van der Waals surface area (Å²) in [6.45, 7) is 4.10. The predicted octanol–water partition coefficient (Wildman–Crippen LogP) is 3.59. The molecule has 0 aliphatic rings. The molecule has 2 N–H and O–H groups in total. The fourth-order valence-electron chi connectivity index (χ4n) is 1.80. The van der Waals surface area contributed by atoms with E-state index in [2.05, 4.69) is 46.0 Å². The monoisotopic (exact) mass is 303 g/mol. The van der Waals surface area contributed by atoms with Gasteiger partial charge in [-0.2, -0.15) is 0 Å². The Morgan fingerprint density at radius 2 is 2.06 bits per heavy atom. The van der Waals surface area contributed by atoms with E-state index >= 15 is 0 Å². The predicted molar refractivity (Wildman–Crippen MR) is 79.7 cm³/mol. The molecule has 0 spiro atoms. The molecule has 1 aromatic carbocycles. The first-order valence-electron chi connectivity index (χ1n) is 5.90. The molecule has 0 amide bonds. The summed E-state index contributed by atoms with van der Waals surface area (Å²) < 4.78 is 1.04. The smallest absolute Gasteiger partial charge is 0.236 e. The lowest BCUT2D eigenvalue weighted by molar-refractivity contribution is -0.498. The SMILES string of the molecule is C/C=C\C=C/[NH2+]c1ncc(Br)c2cc(C)ccc12. The van der Waals surface area contributed by atoms with E-state index in [1.807, 2.05) is 42.9 Å². The van der Waals surface area contributed by atoms with Crippen LogP contribution >= 0.6 is 15.9 Å². The number of allylic oxidation sites excluding steroid dienone is 3. The molecule has 2 rings (SSSR count). The number of benzene rings is 1. The van der Waals surface area contributed by atoms with E-state index in [0.29, 0.717) is 0 Å². The van der Waals surface area contributed by atoms with Gasteiger partial charge < -0.3 is 0 Å². The van der Waals surface area contributed by atoms with Crippen LogP contribution in [0.25, 0.3) is 10.8 Å². The number of hydrogen-bond donors (Lipinski definition) is 1. The maximum absolute atomic E-state index is 4.46. The van der Waals surface area contributed by atoms with Crippen LogP contribution in [0.2, 0.25) is 0 Å². The number of aryl methyl sites for hydroxylation is 1. The van der Waals surface area contributed by atoms with E-state index in [1.54, 1.807) is 0 Å². The Balaban J connectivity index is 2.43. The zero-order chi connectivity index (χ0) is 13.0. The summed E-state index contributed by atoms with van der Waals surface area (Å²) in [6.07, 6.45) is 9.87. The maximum Gasteiger partial charge on any atom is 0.236 e. The largest absolute Gasteiger partial charge is 0.271 e. The van der Waals surface area contributed by atoms with Gasteiger partial charge in [-0.05, 0) is 48.0 Å². The highest BCUT2D eigenvalue weighted by Gasteiger charge is 2.08. The molecule has 3 heteroatoms. The topological polar surface area (TPSA) is 29.5 Å². The second-order valence-corrected chi connectivity index (χ2v) is 4.97. The van der Waals surface area contributed by atoms with Gasteiger partial charge in [0.2, 0.25) is 5.82 Å². The van der Waals surface area contributed by atoms with E-state index in [9.17, 15) is 0 Å². The maximum atomic E-state index is 4.46. The lowest BCUT2D eigenvalue weighted by Gasteiger charge is -2.04. The van der Waals surface area contributed by atoms with Crippen LogP contribution in [0.5, 0.6) is 0 Å². The van der Waals surface area contributed by atoms with Crippen molar-refractivity contribution in [3.8, 4) is 0 Å². The average Bonchev–Trinajstić information content (AvgIpc) is 2.37. The lowest BCUT2D eigenvalue weighted by atomic mass is 10.1. The number of aromatic nitrogens is 1. The summed E-state index contributed by atoms with van der Waals surface area (Å²) in [5.74, 6) is 0.994. The summed E-state index contributed by atoms with van der Waals surface area (Å²) in [6, 6.07) is 6.41. The van der Waals surface area contributed by atoms with Gasteiger partial charge in [-0.25, -0.2) is 4.98 Å². The van der Waals surface area contributed by atoms with Gasteiger partial charge in [0.1, 0.15) is 0 Å². The van der Waals surface area contributed by atoms with Gasteiger partial charge in [0.25, 0.3) is 0 Å². The molecule has 0 saturated heterocycles. The number of nitrogens with zero attached hydrogens (tertiary/aromatic N) is 1. The third-order valence-corrected chi connectivity index (χ3v) is 3.33. The molecule has 0 fully saturated rings. The molecule has 0 saturated carbocycles. The van der Waals surface area contributed by atoms with Gasteiger partial charge in [-0.15, -0.1) is 0 Å². The Morgan fingerprint density at radius 3 is 2.83 bits per heavy atom. The molecule has 0 aliphatic carbocycles. The molecule has 0 bridgehead atoms. The third kappa shape index (κ3) is 2.86. The summed E-state index contributed by atoms with van der Waals surface area (Å²) in [7, 11) is 0. The second kappa shape index (κ2) is 5.94. The van der Waals surface area contributed by atoms with E-state index in [-0.39, 0.29) is 0 Å². The van der Waals surface area contributed by atoms with Crippen molar-refractivity contribution in [2.24, 2.45) is 0 Å². The van der Waals surface area contributed by atoms with Crippen molar-refractivity contribution in [2.45, 2.75) is 13.8 Å². The number of rotatable bonds is 3. The summed E-state index contributed by atoms with van der Waals surface area (Å²) in [4.78, 5) is 4.46.